The van der Waals surface area contributed by atoms with Crippen LogP contribution >= 0.6 is 0 Å². The molecule has 4 rings (SSSR count). The number of urea groups is 1. The van der Waals surface area contributed by atoms with Gasteiger partial charge in [0, 0.05) is 50.0 Å². The van der Waals surface area contributed by atoms with Gasteiger partial charge in [0.2, 0.25) is 0 Å². The van der Waals surface area contributed by atoms with Gasteiger partial charge in [-0.2, -0.15) is 0 Å². The fourth-order valence-corrected chi connectivity index (χ4v) is 5.27. The molecule has 1 fully saturated rings. The Balaban J connectivity index is 1.64. The number of hydrogen-bond donors (Lipinski definition) is 2. The summed E-state index contributed by atoms with van der Waals surface area (Å²) in [5.41, 5.74) is 7.76. The normalized spacial score (nSPS) is 14.7. The maximum absolute atomic E-state index is 13.6. The molecule has 0 bridgehead atoms. The second kappa shape index (κ2) is 11.4. The van der Waals surface area contributed by atoms with E-state index in [4.69, 9.17) is 15.2 Å². The average molecular weight is 506 g/mol. The summed E-state index contributed by atoms with van der Waals surface area (Å²) in [5.74, 6) is -0.251. The van der Waals surface area contributed by atoms with Crippen LogP contribution in [0.3, 0.4) is 0 Å². The van der Waals surface area contributed by atoms with Gasteiger partial charge in [-0.25, -0.2) is 14.7 Å². The Kier molecular flexibility index (Phi) is 8.19. The fourth-order valence-electron chi connectivity index (χ4n) is 5.27. The van der Waals surface area contributed by atoms with Gasteiger partial charge in [-0.3, -0.25) is 20.1 Å². The number of piperidine rings is 1. The van der Waals surface area contributed by atoms with Crippen molar-refractivity contribution in [1.29, 1.82) is 0 Å². The van der Waals surface area contributed by atoms with Gasteiger partial charge < -0.3 is 4.90 Å². The molecule has 196 valence electrons. The number of hydroxylamine groups is 1. The SMILES string of the molecule is Cc1cnc(CN(Cc2ncccc2C(C)(C)c2ccc(F)cc2)C2CCN(C(=O)NO)CC2)c(C)c1. The highest BCUT2D eigenvalue weighted by Gasteiger charge is 2.31. The summed E-state index contributed by atoms with van der Waals surface area (Å²) < 4.78 is 13.6. The molecule has 8 heteroatoms. The van der Waals surface area contributed by atoms with Crippen LogP contribution in [-0.4, -0.2) is 50.1 Å². The van der Waals surface area contributed by atoms with Crippen molar-refractivity contribution in [1.82, 2.24) is 25.2 Å². The highest BCUT2D eigenvalue weighted by molar-refractivity contribution is 5.72. The van der Waals surface area contributed by atoms with Gasteiger partial charge in [0.05, 0.1) is 11.4 Å². The lowest BCUT2D eigenvalue weighted by Gasteiger charge is -2.39. The van der Waals surface area contributed by atoms with Gasteiger partial charge in [-0.05, 0) is 67.1 Å². The summed E-state index contributed by atoms with van der Waals surface area (Å²) in [6.45, 7) is 10.8. The Morgan fingerprint density at radius 1 is 1.11 bits per heavy atom. The van der Waals surface area contributed by atoms with Gasteiger partial charge in [0.15, 0.2) is 0 Å². The van der Waals surface area contributed by atoms with E-state index in [-0.39, 0.29) is 17.3 Å². The minimum absolute atomic E-state index is 0.217. The van der Waals surface area contributed by atoms with Crippen molar-refractivity contribution in [2.45, 2.75) is 65.1 Å². The van der Waals surface area contributed by atoms with Crippen molar-refractivity contribution < 1.29 is 14.4 Å². The molecule has 1 aliphatic rings. The zero-order valence-corrected chi connectivity index (χ0v) is 22.0. The van der Waals surface area contributed by atoms with E-state index in [9.17, 15) is 9.18 Å². The van der Waals surface area contributed by atoms with Crippen molar-refractivity contribution >= 4 is 6.03 Å². The van der Waals surface area contributed by atoms with E-state index in [2.05, 4.69) is 37.8 Å². The summed E-state index contributed by atoms with van der Waals surface area (Å²) in [7, 11) is 0. The number of hydrogen-bond acceptors (Lipinski definition) is 5. The molecule has 3 aromatic rings. The third-order valence-electron chi connectivity index (χ3n) is 7.52. The Hall–Kier alpha value is -3.36. The molecular weight excluding hydrogens is 469 g/mol. The molecule has 0 saturated carbocycles. The van der Waals surface area contributed by atoms with Crippen LogP contribution in [0, 0.1) is 19.7 Å². The van der Waals surface area contributed by atoms with E-state index < -0.39 is 6.03 Å². The quantitative estimate of drug-likeness (QED) is 0.344. The molecule has 3 heterocycles. The number of carbonyl (C=O) groups is 1. The second-order valence-electron chi connectivity index (χ2n) is 10.4. The molecule has 2 amide bonds. The summed E-state index contributed by atoms with van der Waals surface area (Å²) in [6.07, 6.45) is 5.28. The zero-order chi connectivity index (χ0) is 26.6. The first kappa shape index (κ1) is 26.7. The highest BCUT2D eigenvalue weighted by Crippen LogP contribution is 2.34. The van der Waals surface area contributed by atoms with Crippen LogP contribution in [0.1, 0.15) is 60.3 Å². The molecule has 0 unspecified atom stereocenters. The van der Waals surface area contributed by atoms with Crippen molar-refractivity contribution in [3.05, 3.63) is 94.3 Å². The van der Waals surface area contributed by atoms with E-state index in [0.29, 0.717) is 26.2 Å². The third kappa shape index (κ3) is 6.14. The number of carbonyl (C=O) groups excluding carboxylic acids is 1. The van der Waals surface area contributed by atoms with Crippen LogP contribution < -0.4 is 5.48 Å². The monoisotopic (exact) mass is 505 g/mol. The summed E-state index contributed by atoms with van der Waals surface area (Å²) >= 11 is 0. The Bertz CT molecular complexity index is 1220. The molecule has 1 aliphatic heterocycles. The van der Waals surface area contributed by atoms with Gasteiger partial charge in [0.25, 0.3) is 0 Å². The van der Waals surface area contributed by atoms with Gasteiger partial charge in [0.1, 0.15) is 5.82 Å². The number of amides is 2. The molecule has 1 saturated heterocycles. The smallest absolute Gasteiger partial charge is 0.323 e. The number of benzene rings is 1. The lowest BCUT2D eigenvalue weighted by Crippen LogP contribution is -2.49. The fraction of sp³-hybridized carbons (Fsp3) is 0.414. The van der Waals surface area contributed by atoms with Crippen LogP contribution in [0.2, 0.25) is 0 Å². The van der Waals surface area contributed by atoms with Crippen molar-refractivity contribution in [3.8, 4) is 0 Å². The number of nitrogens with zero attached hydrogens (tertiary/aromatic N) is 4. The van der Waals surface area contributed by atoms with Gasteiger partial charge >= 0.3 is 6.03 Å². The molecule has 2 aromatic heterocycles. The first-order valence-corrected chi connectivity index (χ1v) is 12.7. The highest BCUT2D eigenvalue weighted by atomic mass is 19.1. The average Bonchev–Trinajstić information content (AvgIpc) is 2.90. The molecule has 0 spiro atoms. The number of halogens is 1. The Labute approximate surface area is 218 Å². The molecular formula is C29H36FN5O2. The summed E-state index contributed by atoms with van der Waals surface area (Å²) in [6, 6.07) is 12.6. The molecule has 0 radical (unpaired) electrons. The van der Waals surface area contributed by atoms with Crippen molar-refractivity contribution in [3.63, 3.8) is 0 Å². The van der Waals surface area contributed by atoms with E-state index in [1.165, 1.54) is 12.1 Å². The number of likely N-dealkylation sites (tertiary alicyclic amines) is 1. The van der Waals surface area contributed by atoms with Crippen LogP contribution in [0.15, 0.2) is 54.9 Å². The second-order valence-corrected chi connectivity index (χ2v) is 10.4. The molecule has 1 aromatic carbocycles. The first-order valence-electron chi connectivity index (χ1n) is 12.7. The lowest BCUT2D eigenvalue weighted by molar-refractivity contribution is 0.0850. The van der Waals surface area contributed by atoms with Crippen molar-refractivity contribution in [2.75, 3.05) is 13.1 Å². The molecule has 0 atom stereocenters. The third-order valence-corrected chi connectivity index (χ3v) is 7.52. The maximum atomic E-state index is 13.6. The van der Waals surface area contributed by atoms with Crippen LogP contribution in [0.4, 0.5) is 9.18 Å². The van der Waals surface area contributed by atoms with E-state index in [1.54, 1.807) is 10.4 Å². The first-order chi connectivity index (χ1) is 17.7. The van der Waals surface area contributed by atoms with E-state index in [0.717, 1.165) is 46.5 Å². The topological polar surface area (TPSA) is 81.6 Å². The minimum atomic E-state index is -0.464. The standard InChI is InChI=1S/C29H36FN5O2/c1-20-16-21(2)26(32-17-20)18-35(24-11-14-34(15-12-24)28(36)33-37)19-27-25(6-5-13-31-27)29(3,4)22-7-9-23(30)10-8-22/h5-10,13,16-17,24,37H,11-12,14-15,18-19H2,1-4H3,(H,33,36). The summed E-state index contributed by atoms with van der Waals surface area (Å²) in [5, 5.41) is 9.03. The number of rotatable bonds is 7. The van der Waals surface area contributed by atoms with Crippen LogP contribution in [0.5, 0.6) is 0 Å². The number of aryl methyl sites for hydroxylation is 2. The van der Waals surface area contributed by atoms with E-state index >= 15 is 0 Å². The van der Waals surface area contributed by atoms with Gasteiger partial charge in [-0.1, -0.05) is 38.1 Å². The zero-order valence-electron chi connectivity index (χ0n) is 22.0. The van der Waals surface area contributed by atoms with Crippen molar-refractivity contribution in [2.24, 2.45) is 0 Å². The Morgan fingerprint density at radius 3 is 2.43 bits per heavy atom. The molecule has 0 aliphatic carbocycles. The maximum Gasteiger partial charge on any atom is 0.341 e. The number of nitrogens with one attached hydrogen (secondary N) is 1. The van der Waals surface area contributed by atoms with Gasteiger partial charge in [-0.15, -0.1) is 0 Å². The molecule has 37 heavy (non-hydrogen) atoms. The van der Waals surface area contributed by atoms with Crippen LogP contribution in [0.25, 0.3) is 0 Å². The van der Waals surface area contributed by atoms with E-state index in [1.807, 2.05) is 37.5 Å². The minimum Gasteiger partial charge on any atom is -0.323 e. The number of pyridine rings is 2. The number of aromatic nitrogens is 2. The Morgan fingerprint density at radius 2 is 1.78 bits per heavy atom. The van der Waals surface area contributed by atoms with Crippen LogP contribution in [-0.2, 0) is 18.5 Å². The predicted octanol–water partition coefficient (Wildman–Crippen LogP) is 5.12. The summed E-state index contributed by atoms with van der Waals surface area (Å²) in [4.78, 5) is 25.5. The predicted molar refractivity (Wildman–Crippen MR) is 141 cm³/mol. The lowest BCUT2D eigenvalue weighted by atomic mass is 9.77. The molecule has 2 N–H and O–H groups in total. The molecule has 7 nitrogen and oxygen atoms in total. The largest absolute Gasteiger partial charge is 0.341 e.